The van der Waals surface area contributed by atoms with Crippen LogP contribution in [0.4, 0.5) is 5.69 Å². The molecule has 2 rings (SSSR count). The van der Waals surface area contributed by atoms with Crippen molar-refractivity contribution in [2.24, 2.45) is 0 Å². The first-order valence-corrected chi connectivity index (χ1v) is 7.61. The predicted octanol–water partition coefficient (Wildman–Crippen LogP) is 4.37. The highest BCUT2D eigenvalue weighted by Crippen LogP contribution is 2.32. The number of hydrogen-bond acceptors (Lipinski definition) is 4. The number of nitrogens with zero attached hydrogens (tertiary/aromatic N) is 1. The molecule has 1 heterocycles. The standard InChI is InChI=1S/C16H22N2OS/c1-11-15(20-10-18-11)9-17-13-8-12(16(2,3)4)6-7-14(13)19-5/h6-8,10,17H,9H2,1-5H3. The Labute approximate surface area is 125 Å². The van der Waals surface area contributed by atoms with Crippen molar-refractivity contribution in [2.75, 3.05) is 12.4 Å². The molecule has 0 amide bonds. The van der Waals surface area contributed by atoms with Gasteiger partial charge in [-0.2, -0.15) is 0 Å². The van der Waals surface area contributed by atoms with Crippen LogP contribution in [0.5, 0.6) is 5.75 Å². The molecule has 0 bridgehead atoms. The molecule has 2 aromatic rings. The molecule has 108 valence electrons. The Morgan fingerprint density at radius 3 is 2.60 bits per heavy atom. The van der Waals surface area contributed by atoms with E-state index in [0.717, 1.165) is 23.7 Å². The van der Waals surface area contributed by atoms with Crippen LogP contribution in [0, 0.1) is 6.92 Å². The average molecular weight is 290 g/mol. The van der Waals surface area contributed by atoms with E-state index in [-0.39, 0.29) is 5.41 Å². The van der Waals surface area contributed by atoms with Gasteiger partial charge in [0.1, 0.15) is 5.75 Å². The zero-order valence-electron chi connectivity index (χ0n) is 12.8. The smallest absolute Gasteiger partial charge is 0.141 e. The highest BCUT2D eigenvalue weighted by molar-refractivity contribution is 7.09. The molecule has 1 aromatic heterocycles. The van der Waals surface area contributed by atoms with Crippen molar-refractivity contribution in [1.29, 1.82) is 0 Å². The summed E-state index contributed by atoms with van der Waals surface area (Å²) in [6.45, 7) is 9.46. The lowest BCUT2D eigenvalue weighted by molar-refractivity contribution is 0.416. The number of aryl methyl sites for hydroxylation is 1. The number of nitrogens with one attached hydrogen (secondary N) is 1. The highest BCUT2D eigenvalue weighted by Gasteiger charge is 2.16. The van der Waals surface area contributed by atoms with Crippen molar-refractivity contribution in [3.63, 3.8) is 0 Å². The van der Waals surface area contributed by atoms with Crippen molar-refractivity contribution < 1.29 is 4.74 Å². The van der Waals surface area contributed by atoms with Gasteiger partial charge in [0.2, 0.25) is 0 Å². The predicted molar refractivity (Wildman–Crippen MR) is 85.9 cm³/mol. The topological polar surface area (TPSA) is 34.1 Å². The molecule has 20 heavy (non-hydrogen) atoms. The molecule has 3 nitrogen and oxygen atoms in total. The maximum absolute atomic E-state index is 5.44. The zero-order valence-corrected chi connectivity index (χ0v) is 13.6. The minimum atomic E-state index is 0.128. The molecule has 0 radical (unpaired) electrons. The van der Waals surface area contributed by atoms with Crippen LogP contribution in [-0.2, 0) is 12.0 Å². The van der Waals surface area contributed by atoms with Crippen molar-refractivity contribution in [1.82, 2.24) is 4.98 Å². The van der Waals surface area contributed by atoms with E-state index in [2.05, 4.69) is 43.2 Å². The Hall–Kier alpha value is -1.55. The molecule has 0 spiro atoms. The summed E-state index contributed by atoms with van der Waals surface area (Å²) in [7, 11) is 1.70. The van der Waals surface area contributed by atoms with Gasteiger partial charge in [0.25, 0.3) is 0 Å². The quantitative estimate of drug-likeness (QED) is 0.908. The van der Waals surface area contributed by atoms with Gasteiger partial charge in [-0.25, -0.2) is 4.98 Å². The van der Waals surface area contributed by atoms with Gasteiger partial charge in [-0.3, -0.25) is 0 Å². The second-order valence-electron chi connectivity index (χ2n) is 5.88. The number of rotatable bonds is 4. The molecule has 0 aliphatic carbocycles. The SMILES string of the molecule is COc1ccc(C(C)(C)C)cc1NCc1scnc1C. The summed E-state index contributed by atoms with van der Waals surface area (Å²) in [5.41, 5.74) is 5.43. The van der Waals surface area contributed by atoms with E-state index in [1.807, 2.05) is 18.5 Å². The lowest BCUT2D eigenvalue weighted by atomic mass is 9.87. The highest BCUT2D eigenvalue weighted by atomic mass is 32.1. The van der Waals surface area contributed by atoms with Gasteiger partial charge >= 0.3 is 0 Å². The molecular formula is C16H22N2OS. The van der Waals surface area contributed by atoms with Gasteiger partial charge in [0, 0.05) is 4.88 Å². The summed E-state index contributed by atoms with van der Waals surface area (Å²) >= 11 is 1.68. The number of ether oxygens (including phenoxy) is 1. The summed E-state index contributed by atoms with van der Waals surface area (Å²) < 4.78 is 5.44. The van der Waals surface area contributed by atoms with Gasteiger partial charge in [-0.1, -0.05) is 26.8 Å². The monoisotopic (exact) mass is 290 g/mol. The van der Waals surface area contributed by atoms with Gasteiger partial charge in [0.15, 0.2) is 0 Å². The molecule has 1 aromatic carbocycles. The Balaban J connectivity index is 2.23. The molecule has 0 aliphatic rings. The third-order valence-corrected chi connectivity index (χ3v) is 4.28. The summed E-state index contributed by atoms with van der Waals surface area (Å²) in [4.78, 5) is 5.53. The van der Waals surface area contributed by atoms with Crippen LogP contribution in [-0.4, -0.2) is 12.1 Å². The number of benzene rings is 1. The first kappa shape index (κ1) is 14.9. The van der Waals surface area contributed by atoms with Gasteiger partial charge in [0.05, 0.1) is 30.5 Å². The van der Waals surface area contributed by atoms with E-state index >= 15 is 0 Å². The molecule has 0 aliphatic heterocycles. The number of methoxy groups -OCH3 is 1. The molecule has 0 atom stereocenters. The molecule has 0 fully saturated rings. The summed E-state index contributed by atoms with van der Waals surface area (Å²) in [5, 5.41) is 3.47. The molecule has 1 N–H and O–H groups in total. The second-order valence-corrected chi connectivity index (χ2v) is 6.82. The van der Waals surface area contributed by atoms with Gasteiger partial charge in [-0.15, -0.1) is 11.3 Å². The van der Waals surface area contributed by atoms with Gasteiger partial charge < -0.3 is 10.1 Å². The van der Waals surface area contributed by atoms with Crippen LogP contribution >= 0.6 is 11.3 Å². The molecule has 0 saturated heterocycles. The van der Waals surface area contributed by atoms with E-state index in [9.17, 15) is 0 Å². The maximum Gasteiger partial charge on any atom is 0.141 e. The number of aromatic nitrogens is 1. The lowest BCUT2D eigenvalue weighted by Crippen LogP contribution is -2.12. The normalized spacial score (nSPS) is 11.4. The number of anilines is 1. The number of thiazole rings is 1. The minimum absolute atomic E-state index is 0.128. The largest absolute Gasteiger partial charge is 0.495 e. The van der Waals surface area contributed by atoms with E-state index in [0.29, 0.717) is 0 Å². The fourth-order valence-corrected chi connectivity index (χ4v) is 2.70. The Bertz CT molecular complexity index is 584. The van der Waals surface area contributed by atoms with Crippen LogP contribution in [0.2, 0.25) is 0 Å². The minimum Gasteiger partial charge on any atom is -0.495 e. The Morgan fingerprint density at radius 2 is 2.05 bits per heavy atom. The van der Waals surface area contributed by atoms with Crippen molar-refractivity contribution in [3.8, 4) is 5.75 Å². The van der Waals surface area contributed by atoms with E-state index in [1.165, 1.54) is 10.4 Å². The number of hydrogen-bond donors (Lipinski definition) is 1. The second kappa shape index (κ2) is 5.83. The van der Waals surface area contributed by atoms with Crippen molar-refractivity contribution >= 4 is 17.0 Å². The first-order valence-electron chi connectivity index (χ1n) is 6.73. The summed E-state index contributed by atoms with van der Waals surface area (Å²) in [5.74, 6) is 0.875. The van der Waals surface area contributed by atoms with Crippen molar-refractivity contribution in [3.05, 3.63) is 39.8 Å². The van der Waals surface area contributed by atoms with Crippen LogP contribution < -0.4 is 10.1 Å². The third kappa shape index (κ3) is 3.31. The first-order chi connectivity index (χ1) is 9.41. The fourth-order valence-electron chi connectivity index (χ4n) is 1.98. The van der Waals surface area contributed by atoms with Crippen LogP contribution in [0.15, 0.2) is 23.7 Å². The van der Waals surface area contributed by atoms with E-state index in [4.69, 9.17) is 4.74 Å². The lowest BCUT2D eigenvalue weighted by Gasteiger charge is -2.21. The van der Waals surface area contributed by atoms with E-state index in [1.54, 1.807) is 18.4 Å². The van der Waals surface area contributed by atoms with Crippen LogP contribution in [0.3, 0.4) is 0 Å². The van der Waals surface area contributed by atoms with Crippen LogP contribution in [0.1, 0.15) is 36.9 Å². The molecular weight excluding hydrogens is 268 g/mol. The van der Waals surface area contributed by atoms with Gasteiger partial charge in [-0.05, 0) is 30.0 Å². The third-order valence-electron chi connectivity index (χ3n) is 3.35. The molecule has 0 unspecified atom stereocenters. The summed E-state index contributed by atoms with van der Waals surface area (Å²) in [6.07, 6.45) is 0. The van der Waals surface area contributed by atoms with E-state index < -0.39 is 0 Å². The zero-order chi connectivity index (χ0) is 14.8. The Morgan fingerprint density at radius 1 is 1.30 bits per heavy atom. The maximum atomic E-state index is 5.44. The Kier molecular flexibility index (Phi) is 4.33. The molecule has 4 heteroatoms. The van der Waals surface area contributed by atoms with Crippen LogP contribution in [0.25, 0.3) is 0 Å². The fraction of sp³-hybridized carbons (Fsp3) is 0.438. The molecule has 0 saturated carbocycles. The average Bonchev–Trinajstić information content (AvgIpc) is 2.80. The summed E-state index contributed by atoms with van der Waals surface area (Å²) in [6, 6.07) is 6.33. The van der Waals surface area contributed by atoms with Crippen molar-refractivity contribution in [2.45, 2.75) is 39.7 Å².